The van der Waals surface area contributed by atoms with Gasteiger partial charge in [-0.1, -0.05) is 0 Å². The summed E-state index contributed by atoms with van der Waals surface area (Å²) in [6.07, 6.45) is 4.79. The number of anilines is 1. The lowest BCUT2D eigenvalue weighted by atomic mass is 10.2. The quantitative estimate of drug-likeness (QED) is 0.643. The summed E-state index contributed by atoms with van der Waals surface area (Å²) in [6.45, 7) is 4.63. The van der Waals surface area contributed by atoms with Crippen molar-refractivity contribution in [2.24, 2.45) is 5.92 Å². The second-order valence-corrected chi connectivity index (χ2v) is 6.19. The number of hydrogen-bond acceptors (Lipinski definition) is 5. The van der Waals surface area contributed by atoms with E-state index in [2.05, 4.69) is 15.2 Å². The lowest BCUT2D eigenvalue weighted by Gasteiger charge is -2.26. The number of nitrogens with one attached hydrogen (secondary N) is 1. The van der Waals surface area contributed by atoms with Gasteiger partial charge in [-0.25, -0.2) is 4.98 Å². The van der Waals surface area contributed by atoms with Crippen LogP contribution in [0.15, 0.2) is 12.1 Å². The standard InChI is InChI=1S/C15H22N4O2/c1-11-4-7-14(19(20)21)15(17-11)18(9-12-5-6-12)10-13-3-2-8-16-13/h4,7,12-13,16H,2-3,5-6,8-10H2,1H3. The zero-order valence-electron chi connectivity index (χ0n) is 12.4. The largest absolute Gasteiger partial charge is 0.349 e. The molecule has 1 aromatic heterocycles. The van der Waals surface area contributed by atoms with Gasteiger partial charge in [-0.3, -0.25) is 10.1 Å². The molecule has 1 aliphatic heterocycles. The first kappa shape index (κ1) is 14.3. The van der Waals surface area contributed by atoms with E-state index >= 15 is 0 Å². The van der Waals surface area contributed by atoms with E-state index in [0.717, 1.165) is 31.7 Å². The van der Waals surface area contributed by atoms with Crippen LogP contribution in [0, 0.1) is 23.0 Å². The molecule has 0 aromatic carbocycles. The highest BCUT2D eigenvalue weighted by molar-refractivity contribution is 5.58. The SMILES string of the molecule is Cc1ccc([N+](=O)[O-])c(N(CC2CC2)CC2CCCN2)n1. The van der Waals surface area contributed by atoms with Gasteiger partial charge >= 0.3 is 5.69 Å². The number of rotatable bonds is 6. The number of nitrogens with zero attached hydrogens (tertiary/aromatic N) is 3. The Morgan fingerprint density at radius 3 is 2.81 bits per heavy atom. The maximum Gasteiger partial charge on any atom is 0.311 e. The molecule has 1 saturated heterocycles. The van der Waals surface area contributed by atoms with Crippen LogP contribution in [-0.4, -0.2) is 35.6 Å². The van der Waals surface area contributed by atoms with Crippen LogP contribution in [0.4, 0.5) is 11.5 Å². The Labute approximate surface area is 124 Å². The Morgan fingerprint density at radius 1 is 1.38 bits per heavy atom. The van der Waals surface area contributed by atoms with Crippen LogP contribution >= 0.6 is 0 Å². The van der Waals surface area contributed by atoms with Crippen molar-refractivity contribution in [2.45, 2.75) is 38.6 Å². The minimum absolute atomic E-state index is 0.124. The zero-order chi connectivity index (χ0) is 14.8. The minimum Gasteiger partial charge on any atom is -0.349 e. The topological polar surface area (TPSA) is 71.3 Å². The molecule has 2 fully saturated rings. The van der Waals surface area contributed by atoms with E-state index in [4.69, 9.17) is 0 Å². The molecule has 21 heavy (non-hydrogen) atoms. The Balaban J connectivity index is 1.86. The molecule has 0 amide bonds. The molecule has 1 atom stereocenters. The Bertz CT molecular complexity index is 524. The number of nitro groups is 1. The summed E-state index contributed by atoms with van der Waals surface area (Å²) in [7, 11) is 0. The third-order valence-corrected chi connectivity index (χ3v) is 4.27. The second kappa shape index (κ2) is 5.97. The van der Waals surface area contributed by atoms with E-state index in [1.807, 2.05) is 6.92 Å². The van der Waals surface area contributed by atoms with Gasteiger partial charge in [0.05, 0.1) is 4.92 Å². The molecule has 114 valence electrons. The predicted molar refractivity (Wildman–Crippen MR) is 81.6 cm³/mol. The molecule has 1 saturated carbocycles. The number of pyridine rings is 1. The molecular weight excluding hydrogens is 268 g/mol. The van der Waals surface area contributed by atoms with E-state index in [9.17, 15) is 10.1 Å². The van der Waals surface area contributed by atoms with Crippen molar-refractivity contribution in [1.29, 1.82) is 0 Å². The van der Waals surface area contributed by atoms with Gasteiger partial charge < -0.3 is 10.2 Å². The summed E-state index contributed by atoms with van der Waals surface area (Å²) in [5.41, 5.74) is 0.954. The van der Waals surface area contributed by atoms with Gasteiger partial charge in [-0.15, -0.1) is 0 Å². The van der Waals surface area contributed by atoms with Gasteiger partial charge in [0.2, 0.25) is 5.82 Å². The van der Waals surface area contributed by atoms with Crippen LogP contribution in [0.5, 0.6) is 0 Å². The van der Waals surface area contributed by atoms with Crippen molar-refractivity contribution >= 4 is 11.5 Å². The molecule has 0 bridgehead atoms. The zero-order valence-corrected chi connectivity index (χ0v) is 12.4. The van der Waals surface area contributed by atoms with Crippen LogP contribution in [-0.2, 0) is 0 Å². The molecule has 0 spiro atoms. The summed E-state index contributed by atoms with van der Waals surface area (Å²) in [6, 6.07) is 3.72. The molecule has 0 radical (unpaired) electrons. The maximum absolute atomic E-state index is 11.3. The van der Waals surface area contributed by atoms with Crippen molar-refractivity contribution in [2.75, 3.05) is 24.5 Å². The fourth-order valence-electron chi connectivity index (χ4n) is 2.95. The molecule has 1 unspecified atom stereocenters. The van der Waals surface area contributed by atoms with Crippen LogP contribution in [0.1, 0.15) is 31.4 Å². The van der Waals surface area contributed by atoms with E-state index in [1.165, 1.54) is 19.3 Å². The molecule has 3 rings (SSSR count). The smallest absolute Gasteiger partial charge is 0.311 e. The Morgan fingerprint density at radius 2 is 2.19 bits per heavy atom. The summed E-state index contributed by atoms with van der Waals surface area (Å²) in [4.78, 5) is 17.6. The summed E-state index contributed by atoms with van der Waals surface area (Å²) in [5, 5.41) is 14.8. The maximum atomic E-state index is 11.3. The highest BCUT2D eigenvalue weighted by Crippen LogP contribution is 2.34. The first-order valence-corrected chi connectivity index (χ1v) is 7.74. The van der Waals surface area contributed by atoms with Crippen molar-refractivity contribution in [3.8, 4) is 0 Å². The predicted octanol–water partition coefficient (Wildman–Crippen LogP) is 2.27. The fraction of sp³-hybridized carbons (Fsp3) is 0.667. The number of aromatic nitrogens is 1. The van der Waals surface area contributed by atoms with Crippen molar-refractivity contribution < 1.29 is 4.92 Å². The summed E-state index contributed by atoms with van der Waals surface area (Å²) in [5.74, 6) is 1.22. The van der Waals surface area contributed by atoms with Crippen molar-refractivity contribution in [1.82, 2.24) is 10.3 Å². The third-order valence-electron chi connectivity index (χ3n) is 4.27. The monoisotopic (exact) mass is 290 g/mol. The molecule has 6 nitrogen and oxygen atoms in total. The number of aryl methyl sites for hydroxylation is 1. The highest BCUT2D eigenvalue weighted by atomic mass is 16.6. The average molecular weight is 290 g/mol. The van der Waals surface area contributed by atoms with Crippen LogP contribution in [0.3, 0.4) is 0 Å². The third kappa shape index (κ3) is 3.50. The van der Waals surface area contributed by atoms with Crippen LogP contribution in [0.2, 0.25) is 0 Å². The Kier molecular flexibility index (Phi) is 4.05. The van der Waals surface area contributed by atoms with E-state index in [1.54, 1.807) is 12.1 Å². The van der Waals surface area contributed by atoms with Crippen molar-refractivity contribution in [3.63, 3.8) is 0 Å². The lowest BCUT2D eigenvalue weighted by molar-refractivity contribution is -0.384. The number of hydrogen-bond donors (Lipinski definition) is 1. The van der Waals surface area contributed by atoms with Gasteiger partial charge in [-0.05, 0) is 51.1 Å². The first-order valence-electron chi connectivity index (χ1n) is 7.74. The van der Waals surface area contributed by atoms with Gasteiger partial charge in [0.15, 0.2) is 0 Å². The molecule has 1 aromatic rings. The van der Waals surface area contributed by atoms with E-state index in [-0.39, 0.29) is 10.6 Å². The lowest BCUT2D eigenvalue weighted by Crippen LogP contribution is -2.39. The Hall–Kier alpha value is -1.69. The summed E-state index contributed by atoms with van der Waals surface area (Å²) >= 11 is 0. The van der Waals surface area contributed by atoms with Gasteiger partial charge in [0, 0.05) is 30.9 Å². The second-order valence-electron chi connectivity index (χ2n) is 6.19. The molecular formula is C15H22N4O2. The molecule has 2 aliphatic rings. The van der Waals surface area contributed by atoms with Gasteiger partial charge in [0.1, 0.15) is 0 Å². The van der Waals surface area contributed by atoms with E-state index in [0.29, 0.717) is 17.8 Å². The highest BCUT2D eigenvalue weighted by Gasteiger charge is 2.30. The normalized spacial score (nSPS) is 21.5. The van der Waals surface area contributed by atoms with Crippen LogP contribution in [0.25, 0.3) is 0 Å². The molecule has 2 heterocycles. The minimum atomic E-state index is -0.316. The first-order chi connectivity index (χ1) is 10.1. The molecule has 1 aliphatic carbocycles. The molecule has 6 heteroatoms. The van der Waals surface area contributed by atoms with Crippen LogP contribution < -0.4 is 10.2 Å². The van der Waals surface area contributed by atoms with Gasteiger partial charge in [0.25, 0.3) is 0 Å². The summed E-state index contributed by atoms with van der Waals surface area (Å²) < 4.78 is 0. The fourth-order valence-corrected chi connectivity index (χ4v) is 2.95. The average Bonchev–Trinajstić information content (AvgIpc) is 3.11. The van der Waals surface area contributed by atoms with Gasteiger partial charge in [-0.2, -0.15) is 0 Å². The van der Waals surface area contributed by atoms with E-state index < -0.39 is 0 Å². The molecule has 1 N–H and O–H groups in total. The van der Waals surface area contributed by atoms with Crippen molar-refractivity contribution in [3.05, 3.63) is 27.9 Å².